The van der Waals surface area contributed by atoms with E-state index in [9.17, 15) is 9.59 Å². The maximum atomic E-state index is 13.7. The number of hydrogen-bond donors (Lipinski definition) is 0. The molecule has 2 aromatic carbocycles. The number of thioether (sulfide) groups is 1. The Morgan fingerprint density at radius 2 is 1.58 bits per heavy atom. The fraction of sp³-hybridized carbons (Fsp3) is 0.207. The number of thiophene rings is 1. The van der Waals surface area contributed by atoms with Gasteiger partial charge in [-0.05, 0) is 31.9 Å². The van der Waals surface area contributed by atoms with Crippen LogP contribution in [0.1, 0.15) is 51.0 Å². The second-order valence-corrected chi connectivity index (χ2v) is 10.8. The van der Waals surface area contributed by atoms with Crippen LogP contribution in [-0.2, 0) is 16.0 Å². The molecule has 0 aliphatic heterocycles. The van der Waals surface area contributed by atoms with E-state index in [4.69, 9.17) is 4.74 Å². The van der Waals surface area contributed by atoms with Crippen LogP contribution in [0, 0.1) is 6.92 Å². The number of hydrogen-bond acceptors (Lipinski definition) is 5. The van der Waals surface area contributed by atoms with Crippen LogP contribution in [-0.4, -0.2) is 18.4 Å². The molecule has 4 aromatic rings. The average Bonchev–Trinajstić information content (AvgIpc) is 3.22. The molecule has 0 radical (unpaired) electrons. The maximum absolute atomic E-state index is 13.7. The Hall–Kier alpha value is -2.74. The van der Waals surface area contributed by atoms with Crippen molar-refractivity contribution < 1.29 is 35.9 Å². The van der Waals surface area contributed by atoms with Crippen molar-refractivity contribution in [1.82, 2.24) is 0 Å². The van der Waals surface area contributed by atoms with E-state index >= 15 is 0 Å². The van der Waals surface area contributed by atoms with Crippen LogP contribution >= 0.6 is 23.1 Å². The first-order valence-electron chi connectivity index (χ1n) is 11.6. The first-order chi connectivity index (χ1) is 17.0. The Labute approximate surface area is 231 Å². The molecular weight excluding hydrogens is 554 g/mol. The van der Waals surface area contributed by atoms with Crippen molar-refractivity contribution in [3.63, 3.8) is 0 Å². The summed E-state index contributed by atoms with van der Waals surface area (Å²) < 4.78 is 8.30. The van der Waals surface area contributed by atoms with E-state index in [0.29, 0.717) is 22.6 Å². The van der Waals surface area contributed by atoms with Crippen LogP contribution in [0.2, 0.25) is 0 Å². The third-order valence-electron chi connectivity index (χ3n) is 5.62. The molecule has 7 heteroatoms. The van der Waals surface area contributed by atoms with Gasteiger partial charge in [-0.2, -0.15) is 4.57 Å². The molecule has 0 aliphatic carbocycles. The highest BCUT2D eigenvalue weighted by Crippen LogP contribution is 2.44. The van der Waals surface area contributed by atoms with Crippen LogP contribution in [0.4, 0.5) is 0 Å². The van der Waals surface area contributed by atoms with Crippen molar-refractivity contribution in [2.45, 2.75) is 36.7 Å². The fourth-order valence-electron chi connectivity index (χ4n) is 3.80. The van der Waals surface area contributed by atoms with Gasteiger partial charge in [0, 0.05) is 22.9 Å². The van der Waals surface area contributed by atoms with E-state index in [0.717, 1.165) is 15.5 Å². The van der Waals surface area contributed by atoms with Gasteiger partial charge in [0.2, 0.25) is 11.5 Å². The van der Waals surface area contributed by atoms with Crippen molar-refractivity contribution in [3.05, 3.63) is 112 Å². The molecule has 2 aromatic heterocycles. The smallest absolute Gasteiger partial charge is 0.310 e. The summed E-state index contributed by atoms with van der Waals surface area (Å²) in [6.45, 7) is 6.28. The molecule has 0 saturated carbocycles. The molecule has 2 heterocycles. The van der Waals surface area contributed by atoms with Gasteiger partial charge in [-0.25, -0.2) is 0 Å². The van der Waals surface area contributed by atoms with Gasteiger partial charge in [0.15, 0.2) is 12.4 Å². The number of esters is 1. The van der Waals surface area contributed by atoms with Gasteiger partial charge in [-0.15, -0.1) is 23.1 Å². The van der Waals surface area contributed by atoms with E-state index in [-0.39, 0.29) is 40.4 Å². The third-order valence-corrected chi connectivity index (χ3v) is 8.21. The van der Waals surface area contributed by atoms with Crippen LogP contribution < -0.4 is 21.5 Å². The first-order valence-corrected chi connectivity index (χ1v) is 13.3. The normalized spacial score (nSPS) is 11.4. The van der Waals surface area contributed by atoms with Crippen LogP contribution in [0.3, 0.4) is 0 Å². The Morgan fingerprint density at radius 1 is 0.972 bits per heavy atom. The highest BCUT2D eigenvalue weighted by molar-refractivity contribution is 8.01. The fourth-order valence-corrected chi connectivity index (χ4v) is 6.64. The molecule has 0 aliphatic rings. The minimum Gasteiger partial charge on any atom is -1.00 e. The van der Waals surface area contributed by atoms with E-state index in [2.05, 4.69) is 19.1 Å². The summed E-state index contributed by atoms with van der Waals surface area (Å²) in [5.74, 6) is -0.419. The van der Waals surface area contributed by atoms with Crippen molar-refractivity contribution >= 4 is 34.9 Å². The number of rotatable bonds is 9. The molecule has 36 heavy (non-hydrogen) atoms. The second kappa shape index (κ2) is 13.0. The molecule has 0 saturated heterocycles. The highest BCUT2D eigenvalue weighted by atomic mass is 79.9. The largest absolute Gasteiger partial charge is 1.00 e. The predicted molar refractivity (Wildman–Crippen MR) is 142 cm³/mol. The number of pyridine rings is 1. The zero-order chi connectivity index (χ0) is 24.8. The molecule has 4 nitrogen and oxygen atoms in total. The zero-order valence-corrected chi connectivity index (χ0v) is 23.7. The number of aromatic nitrogens is 1. The van der Waals surface area contributed by atoms with Gasteiger partial charge >= 0.3 is 5.97 Å². The minimum absolute atomic E-state index is 0. The summed E-state index contributed by atoms with van der Waals surface area (Å²) in [6, 6.07) is 23.6. The topological polar surface area (TPSA) is 47.3 Å². The lowest BCUT2D eigenvalue weighted by atomic mass is 10.0. The number of halogens is 1. The van der Waals surface area contributed by atoms with Crippen LogP contribution in [0.5, 0.6) is 0 Å². The molecule has 0 amide bonds. The SMILES string of the molecule is CCOC(=O)Cc1c(C(=O)c2ccccc2)sc(SC(C)c2ccccc2)c1-[n+]1ccc(C)cc1.[Br-]. The van der Waals surface area contributed by atoms with E-state index in [1.54, 1.807) is 18.7 Å². The monoisotopic (exact) mass is 581 g/mol. The molecule has 0 N–H and O–H groups in total. The molecule has 1 atom stereocenters. The number of benzene rings is 2. The number of ketones is 1. The second-order valence-electron chi connectivity index (χ2n) is 8.18. The van der Waals surface area contributed by atoms with Crippen molar-refractivity contribution in [1.29, 1.82) is 0 Å². The molecule has 1 unspecified atom stereocenters. The lowest BCUT2D eigenvalue weighted by molar-refractivity contribution is -0.598. The first kappa shape index (κ1) is 27.8. The number of ether oxygens (including phenoxy) is 1. The van der Waals surface area contributed by atoms with Crippen LogP contribution in [0.25, 0.3) is 5.69 Å². The lowest BCUT2D eigenvalue weighted by Gasteiger charge is -2.10. The average molecular weight is 583 g/mol. The Morgan fingerprint density at radius 3 is 2.19 bits per heavy atom. The number of nitrogens with zero attached hydrogens (tertiary/aromatic N) is 1. The van der Waals surface area contributed by atoms with Gasteiger partial charge in [0.1, 0.15) is 4.21 Å². The van der Waals surface area contributed by atoms with Crippen LogP contribution in [0.15, 0.2) is 89.4 Å². The highest BCUT2D eigenvalue weighted by Gasteiger charge is 2.32. The molecule has 0 bridgehead atoms. The summed E-state index contributed by atoms with van der Waals surface area (Å²) in [4.78, 5) is 26.9. The summed E-state index contributed by atoms with van der Waals surface area (Å²) in [7, 11) is 0. The third kappa shape index (κ3) is 6.52. The van der Waals surface area contributed by atoms with Gasteiger partial charge in [-0.1, -0.05) is 60.7 Å². The van der Waals surface area contributed by atoms with E-state index < -0.39 is 0 Å². The van der Waals surface area contributed by atoms with Gasteiger partial charge in [-0.3, -0.25) is 9.59 Å². The predicted octanol–water partition coefficient (Wildman–Crippen LogP) is 3.53. The molecule has 0 spiro atoms. The summed E-state index contributed by atoms with van der Waals surface area (Å²) in [6.07, 6.45) is 4.01. The molecule has 0 fully saturated rings. The molecule has 4 rings (SSSR count). The standard InChI is InChI=1S/C29H28NO3S2.BrH/c1-4-33-25(31)19-24-26(30-17-15-20(2)16-18-30)29(34-21(3)22-11-7-5-8-12-22)35-28(24)27(32)23-13-9-6-10-14-23;/h5-18,21H,4,19H2,1-3H3;1H/q+1;/p-1. The lowest BCUT2D eigenvalue weighted by Crippen LogP contribution is -3.00. The van der Waals surface area contributed by atoms with Crippen molar-refractivity contribution in [2.75, 3.05) is 6.61 Å². The number of carbonyl (C=O) groups excluding carboxylic acids is 2. The minimum atomic E-state index is -0.339. The van der Waals surface area contributed by atoms with Crippen molar-refractivity contribution in [3.8, 4) is 5.69 Å². The Kier molecular flexibility index (Phi) is 10.0. The Balaban J connectivity index is 0.00000361. The quantitative estimate of drug-likeness (QED) is 0.131. The summed E-state index contributed by atoms with van der Waals surface area (Å²) in [5.41, 5.74) is 4.52. The maximum Gasteiger partial charge on any atom is 0.310 e. The van der Waals surface area contributed by atoms with Crippen molar-refractivity contribution in [2.24, 2.45) is 0 Å². The molecule has 186 valence electrons. The van der Waals surface area contributed by atoms with E-state index in [1.165, 1.54) is 16.9 Å². The van der Waals surface area contributed by atoms with Gasteiger partial charge in [0.25, 0.3) is 0 Å². The summed E-state index contributed by atoms with van der Waals surface area (Å²) >= 11 is 3.16. The Bertz CT molecular complexity index is 1310. The van der Waals surface area contributed by atoms with Gasteiger partial charge < -0.3 is 21.7 Å². The number of carbonyl (C=O) groups is 2. The summed E-state index contributed by atoms with van der Waals surface area (Å²) in [5, 5.41) is 0.162. The zero-order valence-electron chi connectivity index (χ0n) is 20.4. The van der Waals surface area contributed by atoms with E-state index in [1.807, 2.05) is 84.5 Å². The molecular formula is C29H28BrNO3S2. The number of aryl methyl sites for hydroxylation is 1. The van der Waals surface area contributed by atoms with Gasteiger partial charge in [0.05, 0.1) is 23.5 Å².